The fraction of sp³-hybridized carbons (Fsp3) is 0.889. The first-order valence-corrected chi connectivity index (χ1v) is 6.50. The van der Waals surface area contributed by atoms with Crippen LogP contribution in [-0.2, 0) is 10.0 Å². The van der Waals surface area contributed by atoms with E-state index in [2.05, 4.69) is 0 Å². The zero-order chi connectivity index (χ0) is 11.9. The van der Waals surface area contributed by atoms with E-state index < -0.39 is 10.0 Å². The quantitative estimate of drug-likeness (QED) is 0.681. The van der Waals surface area contributed by atoms with Crippen LogP contribution in [0.1, 0.15) is 20.3 Å². The molecule has 6 heteroatoms. The van der Waals surface area contributed by atoms with Gasteiger partial charge in [0.25, 0.3) is 0 Å². The van der Waals surface area contributed by atoms with Crippen molar-refractivity contribution in [3.05, 3.63) is 0 Å². The number of aliphatic hydroxyl groups is 1. The second-order valence-corrected chi connectivity index (χ2v) is 5.79. The lowest BCUT2D eigenvalue weighted by molar-refractivity contribution is 0.311. The first-order valence-electron chi connectivity index (χ1n) is 4.89. The Morgan fingerprint density at radius 1 is 1.47 bits per heavy atom. The van der Waals surface area contributed by atoms with Crippen molar-refractivity contribution >= 4 is 10.0 Å². The molecule has 0 aromatic carbocycles. The number of sulfonamides is 1. The topological polar surface area (TPSA) is 81.4 Å². The van der Waals surface area contributed by atoms with Gasteiger partial charge in [-0.25, -0.2) is 12.7 Å². The maximum atomic E-state index is 11.6. The first kappa shape index (κ1) is 14.4. The van der Waals surface area contributed by atoms with Crippen LogP contribution in [0.25, 0.3) is 0 Å². The number of rotatable bonds is 7. The third kappa shape index (κ3) is 5.72. The zero-order valence-corrected chi connectivity index (χ0v) is 10.00. The zero-order valence-electron chi connectivity index (χ0n) is 9.18. The molecule has 0 fully saturated rings. The molecule has 0 unspecified atom stereocenters. The van der Waals surface area contributed by atoms with Crippen molar-refractivity contribution in [1.29, 1.82) is 5.26 Å². The summed E-state index contributed by atoms with van der Waals surface area (Å²) >= 11 is 0. The fourth-order valence-corrected chi connectivity index (χ4v) is 2.55. The predicted octanol–water partition coefficient (Wildman–Crippen LogP) is 0.180. The average molecular weight is 234 g/mol. The minimum atomic E-state index is -3.41. The summed E-state index contributed by atoms with van der Waals surface area (Å²) in [4.78, 5) is 0. The molecule has 1 N–H and O–H groups in total. The van der Waals surface area contributed by atoms with E-state index in [0.29, 0.717) is 6.54 Å². The molecule has 0 amide bonds. The molecule has 0 radical (unpaired) electrons. The summed E-state index contributed by atoms with van der Waals surface area (Å²) < 4.78 is 24.5. The van der Waals surface area contributed by atoms with Crippen molar-refractivity contribution in [1.82, 2.24) is 4.31 Å². The highest BCUT2D eigenvalue weighted by Gasteiger charge is 2.21. The summed E-state index contributed by atoms with van der Waals surface area (Å²) in [6.45, 7) is 4.03. The van der Waals surface area contributed by atoms with Crippen LogP contribution in [0.2, 0.25) is 0 Å². The van der Waals surface area contributed by atoms with Gasteiger partial charge in [0.1, 0.15) is 0 Å². The van der Waals surface area contributed by atoms with Crippen LogP contribution < -0.4 is 0 Å². The average Bonchev–Trinajstić information content (AvgIpc) is 2.11. The van der Waals surface area contributed by atoms with Gasteiger partial charge in [0, 0.05) is 19.5 Å². The molecule has 0 saturated heterocycles. The smallest absolute Gasteiger partial charge is 0.216 e. The van der Waals surface area contributed by atoms with Crippen LogP contribution in [0.4, 0.5) is 0 Å². The summed E-state index contributed by atoms with van der Waals surface area (Å²) in [6.07, 6.45) is 0.178. The Kier molecular flexibility index (Phi) is 6.48. The normalized spacial score (nSPS) is 12.0. The standard InChI is InChI=1S/C9H18N2O3S/c1-9(2)8-11(5-3-4-10)15(13,14)7-6-12/h9,12H,3,5-8H2,1-2H3. The van der Waals surface area contributed by atoms with Gasteiger partial charge in [-0.15, -0.1) is 0 Å². The summed E-state index contributed by atoms with van der Waals surface area (Å²) in [5, 5.41) is 17.1. The molecule has 0 heterocycles. The van der Waals surface area contributed by atoms with Crippen molar-refractivity contribution in [3.63, 3.8) is 0 Å². The summed E-state index contributed by atoms with van der Waals surface area (Å²) in [6, 6.07) is 1.92. The SMILES string of the molecule is CC(C)CN(CCC#N)S(=O)(=O)CCO. The molecule has 0 saturated carbocycles. The number of hydrogen-bond donors (Lipinski definition) is 1. The van der Waals surface area contributed by atoms with E-state index in [0.717, 1.165) is 0 Å². The molecular weight excluding hydrogens is 216 g/mol. The minimum absolute atomic E-state index is 0.178. The van der Waals surface area contributed by atoms with Gasteiger partial charge in [-0.1, -0.05) is 13.8 Å². The molecule has 0 aliphatic rings. The van der Waals surface area contributed by atoms with E-state index in [4.69, 9.17) is 10.4 Å². The van der Waals surface area contributed by atoms with Crippen molar-refractivity contribution < 1.29 is 13.5 Å². The molecule has 0 aromatic rings. The van der Waals surface area contributed by atoms with E-state index >= 15 is 0 Å². The van der Waals surface area contributed by atoms with Crippen LogP contribution in [0.15, 0.2) is 0 Å². The molecule has 0 aliphatic carbocycles. The largest absolute Gasteiger partial charge is 0.395 e. The summed E-state index contributed by atoms with van der Waals surface area (Å²) in [5.41, 5.74) is 0. The Hall–Kier alpha value is -0.640. The molecule has 0 bridgehead atoms. The fourth-order valence-electron chi connectivity index (χ4n) is 1.17. The van der Waals surface area contributed by atoms with Crippen molar-refractivity contribution in [2.75, 3.05) is 25.4 Å². The number of nitriles is 1. The molecule has 88 valence electrons. The highest BCUT2D eigenvalue weighted by atomic mass is 32.2. The molecule has 0 rings (SSSR count). The van der Waals surface area contributed by atoms with Crippen molar-refractivity contribution in [2.24, 2.45) is 5.92 Å². The summed E-state index contributed by atoms with van der Waals surface area (Å²) in [5.74, 6) is -0.0670. The minimum Gasteiger partial charge on any atom is -0.395 e. The Labute approximate surface area is 91.4 Å². The van der Waals surface area contributed by atoms with Gasteiger partial charge in [-0.2, -0.15) is 5.26 Å². The summed E-state index contributed by atoms with van der Waals surface area (Å²) in [7, 11) is -3.41. The van der Waals surface area contributed by atoms with E-state index in [1.807, 2.05) is 19.9 Å². The number of hydrogen-bond acceptors (Lipinski definition) is 4. The first-order chi connectivity index (χ1) is 6.94. The Morgan fingerprint density at radius 3 is 2.47 bits per heavy atom. The second kappa shape index (κ2) is 6.77. The molecule has 0 aromatic heterocycles. The number of aliphatic hydroxyl groups excluding tert-OH is 1. The van der Waals surface area contributed by atoms with Crippen LogP contribution in [-0.4, -0.2) is 43.3 Å². The van der Waals surface area contributed by atoms with E-state index in [1.54, 1.807) is 0 Å². The molecular formula is C9H18N2O3S. The van der Waals surface area contributed by atoms with Crippen LogP contribution in [0.5, 0.6) is 0 Å². The van der Waals surface area contributed by atoms with Gasteiger partial charge in [0.2, 0.25) is 10.0 Å². The van der Waals surface area contributed by atoms with Crippen molar-refractivity contribution in [3.8, 4) is 6.07 Å². The van der Waals surface area contributed by atoms with Gasteiger partial charge in [0.05, 0.1) is 18.4 Å². The van der Waals surface area contributed by atoms with Crippen LogP contribution >= 0.6 is 0 Å². The maximum Gasteiger partial charge on any atom is 0.216 e. The molecule has 0 aliphatic heterocycles. The van der Waals surface area contributed by atoms with Gasteiger partial charge in [-0.3, -0.25) is 0 Å². The van der Waals surface area contributed by atoms with E-state index in [9.17, 15) is 8.42 Å². The van der Waals surface area contributed by atoms with E-state index in [-0.39, 0.29) is 31.2 Å². The van der Waals surface area contributed by atoms with Gasteiger partial charge in [-0.05, 0) is 5.92 Å². The third-order valence-electron chi connectivity index (χ3n) is 1.78. The van der Waals surface area contributed by atoms with Gasteiger partial charge >= 0.3 is 0 Å². The van der Waals surface area contributed by atoms with E-state index in [1.165, 1.54) is 4.31 Å². The highest BCUT2D eigenvalue weighted by molar-refractivity contribution is 7.89. The van der Waals surface area contributed by atoms with Crippen LogP contribution in [0.3, 0.4) is 0 Å². The molecule has 5 nitrogen and oxygen atoms in total. The Balaban J connectivity index is 4.54. The lowest BCUT2D eigenvalue weighted by atomic mass is 10.2. The lowest BCUT2D eigenvalue weighted by Gasteiger charge is -2.22. The lowest BCUT2D eigenvalue weighted by Crippen LogP contribution is -2.37. The van der Waals surface area contributed by atoms with Crippen LogP contribution in [0, 0.1) is 17.2 Å². The Morgan fingerprint density at radius 2 is 2.07 bits per heavy atom. The molecule has 0 atom stereocenters. The second-order valence-electron chi connectivity index (χ2n) is 3.70. The monoisotopic (exact) mass is 234 g/mol. The van der Waals surface area contributed by atoms with Crippen molar-refractivity contribution in [2.45, 2.75) is 20.3 Å². The molecule has 15 heavy (non-hydrogen) atoms. The predicted molar refractivity (Wildman–Crippen MR) is 57.5 cm³/mol. The highest BCUT2D eigenvalue weighted by Crippen LogP contribution is 2.07. The molecule has 0 spiro atoms. The number of nitrogens with zero attached hydrogens (tertiary/aromatic N) is 2. The Bertz CT molecular complexity index is 306. The maximum absolute atomic E-state index is 11.6. The van der Waals surface area contributed by atoms with Gasteiger partial charge in [0.15, 0.2) is 0 Å². The van der Waals surface area contributed by atoms with Gasteiger partial charge < -0.3 is 5.11 Å². The third-order valence-corrected chi connectivity index (χ3v) is 3.60.